The van der Waals surface area contributed by atoms with Gasteiger partial charge in [0.25, 0.3) is 5.97 Å². The summed E-state index contributed by atoms with van der Waals surface area (Å²) in [5.74, 6) is -1.12. The van der Waals surface area contributed by atoms with Crippen LogP contribution in [0.4, 0.5) is 0 Å². The van der Waals surface area contributed by atoms with Crippen molar-refractivity contribution in [2.45, 2.75) is 19.3 Å². The lowest BCUT2D eigenvalue weighted by Gasteiger charge is -2.27. The fraction of sp³-hybridized carbons (Fsp3) is 1.00. The molecule has 0 fully saturated rings. The van der Waals surface area contributed by atoms with E-state index in [0.29, 0.717) is 6.42 Å². The Morgan fingerprint density at radius 3 is 1.91 bits per heavy atom. The van der Waals surface area contributed by atoms with Crippen LogP contribution in [0.3, 0.4) is 0 Å². The molecule has 68 valence electrons. The van der Waals surface area contributed by atoms with Crippen molar-refractivity contribution in [3.63, 3.8) is 0 Å². The van der Waals surface area contributed by atoms with Crippen LogP contribution in [0.5, 0.6) is 0 Å². The van der Waals surface area contributed by atoms with E-state index in [0.717, 1.165) is 0 Å². The molecular formula is C6H15O4P. The summed E-state index contributed by atoms with van der Waals surface area (Å²) in [6.07, 6.45) is 0.504. The number of hydrogen-bond acceptors (Lipinski definition) is 4. The zero-order valence-electron chi connectivity index (χ0n) is 7.34. The maximum Gasteiger partial charge on any atom is 0.287 e. The zero-order valence-corrected chi connectivity index (χ0v) is 8.34. The molecule has 4 nitrogen and oxygen atoms in total. The van der Waals surface area contributed by atoms with Crippen molar-refractivity contribution in [3.05, 3.63) is 0 Å². The molecule has 0 saturated carbocycles. The van der Waals surface area contributed by atoms with Gasteiger partial charge >= 0.3 is 0 Å². The van der Waals surface area contributed by atoms with E-state index in [2.05, 4.69) is 0 Å². The van der Waals surface area contributed by atoms with Gasteiger partial charge in [-0.05, 0) is 0 Å². The fourth-order valence-electron chi connectivity index (χ4n) is 0.746. The molecule has 0 aromatic heterocycles. The van der Waals surface area contributed by atoms with E-state index >= 15 is 0 Å². The van der Waals surface area contributed by atoms with E-state index in [4.69, 9.17) is 14.0 Å². The lowest BCUT2D eigenvalue weighted by molar-refractivity contribution is -0.320. The van der Waals surface area contributed by atoms with Gasteiger partial charge in [0.15, 0.2) is 8.03 Å². The van der Waals surface area contributed by atoms with Gasteiger partial charge in [-0.15, -0.1) is 0 Å². The highest BCUT2D eigenvalue weighted by atomic mass is 31.1. The van der Waals surface area contributed by atoms with Gasteiger partial charge < -0.3 is 9.47 Å². The molecule has 0 aliphatic carbocycles. The highest BCUT2D eigenvalue weighted by Crippen LogP contribution is 2.30. The second-order valence-corrected chi connectivity index (χ2v) is 3.23. The number of hydrogen-bond donors (Lipinski definition) is 0. The molecule has 0 amide bonds. The Kier molecular flexibility index (Phi) is 4.93. The number of methoxy groups -OCH3 is 2. The molecule has 0 aromatic carbocycles. The third-order valence-electron chi connectivity index (χ3n) is 1.35. The predicted octanol–water partition coefficient (Wildman–Crippen LogP) is 1.46. The average Bonchev–Trinajstić information content (AvgIpc) is 2.00. The smallest absolute Gasteiger partial charge is 0.287 e. The summed E-state index contributed by atoms with van der Waals surface area (Å²) in [7, 11) is 0.885. The average molecular weight is 182 g/mol. The van der Waals surface area contributed by atoms with Crippen molar-refractivity contribution >= 4 is 8.03 Å². The molecule has 0 heterocycles. The highest BCUT2D eigenvalue weighted by molar-refractivity contribution is 7.38. The SMILES string of the molecule is CCC(OC)(OC)O[PH](C)=O. The van der Waals surface area contributed by atoms with Gasteiger partial charge in [-0.3, -0.25) is 9.09 Å². The lowest BCUT2D eigenvalue weighted by Crippen LogP contribution is -2.33. The second kappa shape index (κ2) is 4.88. The Labute approximate surface area is 67.7 Å². The standard InChI is InChI=1S/C6H15O4P/c1-5-6(8-2,9-3)10-11(4)7/h11H,5H2,1-4H3. The molecule has 1 unspecified atom stereocenters. The maximum atomic E-state index is 10.7. The Morgan fingerprint density at radius 2 is 1.82 bits per heavy atom. The van der Waals surface area contributed by atoms with Gasteiger partial charge in [-0.25, -0.2) is 0 Å². The van der Waals surface area contributed by atoms with Gasteiger partial charge in [0.1, 0.15) is 0 Å². The van der Waals surface area contributed by atoms with Crippen molar-refractivity contribution in [2.24, 2.45) is 0 Å². The minimum atomic E-state index is -2.03. The highest BCUT2D eigenvalue weighted by Gasteiger charge is 2.29. The van der Waals surface area contributed by atoms with E-state index < -0.39 is 14.0 Å². The van der Waals surface area contributed by atoms with Crippen molar-refractivity contribution < 1.29 is 18.6 Å². The summed E-state index contributed by atoms with van der Waals surface area (Å²) >= 11 is 0. The molecule has 11 heavy (non-hydrogen) atoms. The number of rotatable bonds is 5. The molecule has 0 saturated heterocycles. The molecule has 0 aliphatic heterocycles. The van der Waals surface area contributed by atoms with E-state index in [1.807, 2.05) is 6.92 Å². The minimum absolute atomic E-state index is 0.504. The Morgan fingerprint density at radius 1 is 1.36 bits per heavy atom. The van der Waals surface area contributed by atoms with Gasteiger partial charge in [-0.1, -0.05) is 6.92 Å². The molecule has 0 rings (SSSR count). The van der Waals surface area contributed by atoms with E-state index in [1.165, 1.54) is 20.9 Å². The molecule has 0 aromatic rings. The lowest BCUT2D eigenvalue weighted by atomic mass is 10.4. The fourth-order valence-corrected chi connectivity index (χ4v) is 1.50. The van der Waals surface area contributed by atoms with Gasteiger partial charge in [0.05, 0.1) is 0 Å². The third-order valence-corrected chi connectivity index (χ3v) is 1.95. The first-order valence-electron chi connectivity index (χ1n) is 3.40. The van der Waals surface area contributed by atoms with E-state index in [-0.39, 0.29) is 0 Å². The van der Waals surface area contributed by atoms with Crippen LogP contribution in [0.25, 0.3) is 0 Å². The van der Waals surface area contributed by atoms with Crippen molar-refractivity contribution in [3.8, 4) is 0 Å². The van der Waals surface area contributed by atoms with Crippen LogP contribution < -0.4 is 0 Å². The molecule has 5 heteroatoms. The van der Waals surface area contributed by atoms with Crippen molar-refractivity contribution in [1.82, 2.24) is 0 Å². The molecular weight excluding hydrogens is 167 g/mol. The molecule has 0 N–H and O–H groups in total. The second-order valence-electron chi connectivity index (χ2n) is 2.04. The molecule has 1 atom stereocenters. The quantitative estimate of drug-likeness (QED) is 0.477. The maximum absolute atomic E-state index is 10.7. The molecule has 0 bridgehead atoms. The third kappa shape index (κ3) is 3.34. The van der Waals surface area contributed by atoms with Crippen molar-refractivity contribution in [2.75, 3.05) is 20.9 Å². The molecule has 0 radical (unpaired) electrons. The van der Waals surface area contributed by atoms with Crippen LogP contribution >= 0.6 is 8.03 Å². The van der Waals surface area contributed by atoms with Gasteiger partial charge in [0, 0.05) is 27.3 Å². The van der Waals surface area contributed by atoms with E-state index in [1.54, 1.807) is 0 Å². The van der Waals surface area contributed by atoms with Crippen LogP contribution in [0.15, 0.2) is 0 Å². The summed E-state index contributed by atoms with van der Waals surface area (Å²) in [4.78, 5) is 0. The Balaban J connectivity index is 4.16. The topological polar surface area (TPSA) is 44.8 Å². The monoisotopic (exact) mass is 182 g/mol. The van der Waals surface area contributed by atoms with Crippen LogP contribution in [-0.2, 0) is 18.6 Å². The Bertz CT molecular complexity index is 124. The predicted molar refractivity (Wildman–Crippen MR) is 43.1 cm³/mol. The normalized spacial score (nSPS) is 14.9. The molecule has 0 aliphatic rings. The first-order chi connectivity index (χ1) is 5.10. The largest absolute Gasteiger partial charge is 0.331 e. The van der Waals surface area contributed by atoms with E-state index in [9.17, 15) is 4.57 Å². The van der Waals surface area contributed by atoms with Crippen LogP contribution in [0, 0.1) is 0 Å². The Hall–Kier alpha value is 0.110. The zero-order chi connectivity index (χ0) is 8.91. The summed E-state index contributed by atoms with van der Waals surface area (Å²) in [6.45, 7) is 3.32. The first kappa shape index (κ1) is 11.1. The van der Waals surface area contributed by atoms with Gasteiger partial charge in [0.2, 0.25) is 0 Å². The van der Waals surface area contributed by atoms with Crippen LogP contribution in [-0.4, -0.2) is 26.9 Å². The van der Waals surface area contributed by atoms with Crippen molar-refractivity contribution in [1.29, 1.82) is 0 Å². The molecule has 0 spiro atoms. The van der Waals surface area contributed by atoms with Crippen LogP contribution in [0.1, 0.15) is 13.3 Å². The summed E-state index contributed by atoms with van der Waals surface area (Å²) in [6, 6.07) is 0. The number of ether oxygens (including phenoxy) is 2. The van der Waals surface area contributed by atoms with Crippen LogP contribution in [0.2, 0.25) is 0 Å². The summed E-state index contributed by atoms with van der Waals surface area (Å²) in [5.41, 5.74) is 0. The summed E-state index contributed by atoms with van der Waals surface area (Å²) in [5, 5.41) is 0. The minimum Gasteiger partial charge on any atom is -0.331 e. The summed E-state index contributed by atoms with van der Waals surface area (Å²) < 4.78 is 25.6. The first-order valence-corrected chi connectivity index (χ1v) is 5.21. The van der Waals surface area contributed by atoms with Gasteiger partial charge in [-0.2, -0.15) is 0 Å².